The Morgan fingerprint density at radius 1 is 1.57 bits per heavy atom. The molecule has 1 unspecified atom stereocenters. The van der Waals surface area contributed by atoms with E-state index in [1.54, 1.807) is 6.07 Å². The average Bonchev–Trinajstić information content (AvgIpc) is 2.10. The van der Waals surface area contributed by atoms with Gasteiger partial charge in [0.05, 0.1) is 13.0 Å². The summed E-state index contributed by atoms with van der Waals surface area (Å²) in [6.07, 6.45) is 0.515. The molecule has 0 fully saturated rings. The molecule has 0 aliphatic heterocycles. The number of phenolic OH excluding ortho intramolecular Hbond substituents is 1. The monoisotopic (exact) mass is 194 g/mol. The number of phenols is 1. The van der Waals surface area contributed by atoms with Gasteiger partial charge in [0.2, 0.25) is 0 Å². The minimum absolute atomic E-state index is 0.00259. The number of carbonyl (C=O) groups is 1. The summed E-state index contributed by atoms with van der Waals surface area (Å²) in [4.78, 5) is 10.7. The van der Waals surface area contributed by atoms with Crippen molar-refractivity contribution in [3.63, 3.8) is 0 Å². The molecule has 1 aromatic carbocycles. The fraction of sp³-hybridized carbons (Fsp3) is 0.300. The first kappa shape index (κ1) is 8.87. The molecule has 0 saturated carbocycles. The molecule has 2 rings (SSSR count). The molecule has 0 radical (unpaired) electrons. The van der Waals surface area contributed by atoms with E-state index in [4.69, 9.17) is 9.84 Å². The van der Waals surface area contributed by atoms with E-state index in [1.165, 1.54) is 13.2 Å². The molecular formula is C10H10O4. The maximum Gasteiger partial charge on any atom is 0.311 e. The minimum Gasteiger partial charge on any atom is -0.504 e. The van der Waals surface area contributed by atoms with Crippen LogP contribution in [0.25, 0.3) is 0 Å². The van der Waals surface area contributed by atoms with Crippen LogP contribution in [0.2, 0.25) is 0 Å². The van der Waals surface area contributed by atoms with Gasteiger partial charge >= 0.3 is 5.97 Å². The van der Waals surface area contributed by atoms with Gasteiger partial charge in [-0.1, -0.05) is 0 Å². The number of fused-ring (bicyclic) bond motifs is 1. The van der Waals surface area contributed by atoms with Crippen LogP contribution in [-0.4, -0.2) is 23.3 Å². The lowest BCUT2D eigenvalue weighted by molar-refractivity contribution is -0.139. The summed E-state index contributed by atoms with van der Waals surface area (Å²) in [5.74, 6) is -0.923. The van der Waals surface area contributed by atoms with Gasteiger partial charge < -0.3 is 14.9 Å². The van der Waals surface area contributed by atoms with Crippen molar-refractivity contribution in [2.45, 2.75) is 12.3 Å². The number of rotatable bonds is 2. The highest BCUT2D eigenvalue weighted by Crippen LogP contribution is 2.41. The molecule has 1 aliphatic carbocycles. The number of aromatic hydroxyl groups is 1. The second-order valence-electron chi connectivity index (χ2n) is 3.32. The van der Waals surface area contributed by atoms with Crippen molar-refractivity contribution in [2.75, 3.05) is 7.11 Å². The fourth-order valence-corrected chi connectivity index (χ4v) is 1.71. The second kappa shape index (κ2) is 2.90. The van der Waals surface area contributed by atoms with Crippen LogP contribution < -0.4 is 4.74 Å². The minimum atomic E-state index is -0.845. The Morgan fingerprint density at radius 2 is 2.29 bits per heavy atom. The highest BCUT2D eigenvalue weighted by molar-refractivity contribution is 5.81. The first-order valence-electron chi connectivity index (χ1n) is 4.26. The lowest BCUT2D eigenvalue weighted by Gasteiger charge is -2.27. The smallest absolute Gasteiger partial charge is 0.311 e. The maximum absolute atomic E-state index is 10.7. The molecule has 0 heterocycles. The van der Waals surface area contributed by atoms with Crippen LogP contribution in [0.15, 0.2) is 12.1 Å². The van der Waals surface area contributed by atoms with Crippen molar-refractivity contribution in [2.24, 2.45) is 0 Å². The number of hydrogen-bond donors (Lipinski definition) is 2. The first-order valence-corrected chi connectivity index (χ1v) is 4.26. The standard InChI is InChI=1S/C10H10O4/c1-14-9-3-5-2-7(10(12)13)6(5)4-8(9)11/h3-4,7,11H,2H2,1H3,(H,12,13). The number of aliphatic carboxylic acids is 1. The van der Waals surface area contributed by atoms with Crippen molar-refractivity contribution in [1.29, 1.82) is 0 Å². The van der Waals surface area contributed by atoms with Crippen molar-refractivity contribution in [3.8, 4) is 11.5 Å². The largest absolute Gasteiger partial charge is 0.504 e. The summed E-state index contributed by atoms with van der Waals surface area (Å²) >= 11 is 0. The Balaban J connectivity index is 2.40. The van der Waals surface area contributed by atoms with E-state index in [0.717, 1.165) is 5.56 Å². The van der Waals surface area contributed by atoms with Gasteiger partial charge in [-0.3, -0.25) is 4.79 Å². The van der Waals surface area contributed by atoms with Crippen LogP contribution in [0.4, 0.5) is 0 Å². The highest BCUT2D eigenvalue weighted by Gasteiger charge is 2.33. The molecule has 4 nitrogen and oxygen atoms in total. The summed E-state index contributed by atoms with van der Waals surface area (Å²) in [5.41, 5.74) is 1.63. The Bertz CT molecular complexity index is 397. The van der Waals surface area contributed by atoms with Gasteiger partial charge in [-0.25, -0.2) is 0 Å². The zero-order valence-electron chi connectivity index (χ0n) is 7.65. The summed E-state index contributed by atoms with van der Waals surface area (Å²) in [7, 11) is 1.47. The number of carboxylic acid groups (broad SMARTS) is 1. The average molecular weight is 194 g/mol. The zero-order valence-corrected chi connectivity index (χ0v) is 7.65. The molecule has 1 atom stereocenters. The Labute approximate surface area is 80.7 Å². The molecule has 4 heteroatoms. The first-order chi connectivity index (χ1) is 6.63. The number of benzene rings is 1. The molecule has 1 aromatic rings. The molecule has 0 spiro atoms. The van der Waals surface area contributed by atoms with Gasteiger partial charge in [0, 0.05) is 0 Å². The summed E-state index contributed by atoms with van der Waals surface area (Å²) in [6.45, 7) is 0. The SMILES string of the molecule is COc1cc2c(cc1O)C(C(=O)O)C2. The highest BCUT2D eigenvalue weighted by atomic mass is 16.5. The topological polar surface area (TPSA) is 66.8 Å². The lowest BCUT2D eigenvalue weighted by atomic mass is 9.77. The molecule has 1 aliphatic rings. The third-order valence-electron chi connectivity index (χ3n) is 2.54. The number of methoxy groups -OCH3 is 1. The predicted octanol–water partition coefficient (Wildman–Crippen LogP) is 1.13. The Kier molecular flexibility index (Phi) is 1.84. The third-order valence-corrected chi connectivity index (χ3v) is 2.54. The molecule has 74 valence electrons. The molecule has 2 N–H and O–H groups in total. The molecule has 0 amide bonds. The normalized spacial score (nSPS) is 18.2. The second-order valence-corrected chi connectivity index (χ2v) is 3.32. The van der Waals surface area contributed by atoms with Crippen LogP contribution in [0.1, 0.15) is 17.0 Å². The van der Waals surface area contributed by atoms with Crippen LogP contribution in [0.5, 0.6) is 11.5 Å². The van der Waals surface area contributed by atoms with Crippen molar-refractivity contribution < 1.29 is 19.7 Å². The molecule has 14 heavy (non-hydrogen) atoms. The number of hydrogen-bond acceptors (Lipinski definition) is 3. The van der Waals surface area contributed by atoms with E-state index in [2.05, 4.69) is 0 Å². The predicted molar refractivity (Wildman–Crippen MR) is 48.7 cm³/mol. The molecule has 0 bridgehead atoms. The Morgan fingerprint density at radius 3 is 2.86 bits per heavy atom. The maximum atomic E-state index is 10.7. The number of ether oxygens (including phenoxy) is 1. The van der Waals surface area contributed by atoms with Crippen LogP contribution >= 0.6 is 0 Å². The van der Waals surface area contributed by atoms with Crippen molar-refractivity contribution >= 4 is 5.97 Å². The quantitative estimate of drug-likeness (QED) is 0.740. The van der Waals surface area contributed by atoms with E-state index in [-0.39, 0.29) is 5.75 Å². The van der Waals surface area contributed by atoms with Crippen molar-refractivity contribution in [1.82, 2.24) is 0 Å². The van der Waals surface area contributed by atoms with E-state index in [9.17, 15) is 9.90 Å². The van der Waals surface area contributed by atoms with E-state index < -0.39 is 11.9 Å². The molecule has 0 aromatic heterocycles. The lowest BCUT2D eigenvalue weighted by Crippen LogP contribution is -2.24. The van der Waals surface area contributed by atoms with E-state index in [1.807, 2.05) is 0 Å². The van der Waals surface area contributed by atoms with Gasteiger partial charge in [0.25, 0.3) is 0 Å². The third kappa shape index (κ3) is 1.11. The van der Waals surface area contributed by atoms with Crippen molar-refractivity contribution in [3.05, 3.63) is 23.3 Å². The van der Waals surface area contributed by atoms with E-state index >= 15 is 0 Å². The molecule has 0 saturated heterocycles. The summed E-state index contributed by atoms with van der Waals surface area (Å²) < 4.78 is 4.91. The van der Waals surface area contributed by atoms with E-state index in [0.29, 0.717) is 17.7 Å². The van der Waals surface area contributed by atoms with Crippen LogP contribution in [0, 0.1) is 0 Å². The summed E-state index contributed by atoms with van der Waals surface area (Å²) in [5, 5.41) is 18.2. The van der Waals surface area contributed by atoms with Gasteiger partial charge in [0.1, 0.15) is 0 Å². The van der Waals surface area contributed by atoms with Crippen LogP contribution in [0.3, 0.4) is 0 Å². The fourth-order valence-electron chi connectivity index (χ4n) is 1.71. The molecular weight excluding hydrogens is 184 g/mol. The number of carboxylic acids is 1. The van der Waals surface area contributed by atoms with Gasteiger partial charge in [-0.15, -0.1) is 0 Å². The zero-order chi connectivity index (χ0) is 10.3. The summed E-state index contributed by atoms with van der Waals surface area (Å²) in [6, 6.07) is 3.15. The van der Waals surface area contributed by atoms with Gasteiger partial charge in [-0.2, -0.15) is 0 Å². The Hall–Kier alpha value is -1.71. The van der Waals surface area contributed by atoms with Crippen LogP contribution in [-0.2, 0) is 11.2 Å². The van der Waals surface area contributed by atoms with Gasteiger partial charge in [0.15, 0.2) is 11.5 Å². The van der Waals surface area contributed by atoms with Gasteiger partial charge in [-0.05, 0) is 29.7 Å².